The van der Waals surface area contributed by atoms with Gasteiger partial charge < -0.3 is 24.7 Å². The Balaban J connectivity index is 1.43. The summed E-state index contributed by atoms with van der Waals surface area (Å²) in [6.45, 7) is 7.18. The van der Waals surface area contributed by atoms with Gasteiger partial charge in [-0.3, -0.25) is 14.5 Å². The van der Waals surface area contributed by atoms with Crippen molar-refractivity contribution in [3.63, 3.8) is 0 Å². The summed E-state index contributed by atoms with van der Waals surface area (Å²) in [6, 6.07) is 8.25. The van der Waals surface area contributed by atoms with E-state index in [2.05, 4.69) is 4.90 Å². The van der Waals surface area contributed by atoms with Gasteiger partial charge in [-0.05, 0) is 61.7 Å². The molecule has 0 bridgehead atoms. The van der Waals surface area contributed by atoms with Crippen LogP contribution in [0.1, 0.15) is 64.4 Å². The second kappa shape index (κ2) is 11.0. The van der Waals surface area contributed by atoms with Crippen LogP contribution in [0, 0.1) is 0 Å². The molecule has 2 aromatic rings. The number of aromatic hydroxyl groups is 2. The van der Waals surface area contributed by atoms with E-state index < -0.39 is 0 Å². The first-order valence-corrected chi connectivity index (χ1v) is 12.4. The predicted octanol–water partition coefficient (Wildman–Crippen LogP) is 3.60. The minimum atomic E-state index is -0.388. The lowest BCUT2D eigenvalue weighted by Crippen LogP contribution is -2.29. The maximum absolute atomic E-state index is 13.3. The molecule has 0 spiro atoms. The Morgan fingerprint density at radius 1 is 1.00 bits per heavy atom. The summed E-state index contributed by atoms with van der Waals surface area (Å²) in [6.07, 6.45) is 4.28. The third-order valence-electron chi connectivity index (χ3n) is 6.83. The Morgan fingerprint density at radius 3 is 2.46 bits per heavy atom. The molecule has 35 heavy (non-hydrogen) atoms. The molecule has 0 aliphatic carbocycles. The van der Waals surface area contributed by atoms with Crippen molar-refractivity contribution >= 4 is 11.8 Å². The fraction of sp³-hybridized carbons (Fsp3) is 0.481. The number of carbonyl (C=O) groups excluding carboxylic acids is 2. The zero-order valence-corrected chi connectivity index (χ0v) is 20.6. The second-order valence-electron chi connectivity index (χ2n) is 9.46. The maximum Gasteiger partial charge on any atom is 0.258 e. The molecule has 4 rings (SSSR count). The third-order valence-corrected chi connectivity index (χ3v) is 6.83. The number of phenols is 2. The summed E-state index contributed by atoms with van der Waals surface area (Å²) in [5.74, 6) is -0.673. The highest BCUT2D eigenvalue weighted by Gasteiger charge is 2.28. The minimum Gasteiger partial charge on any atom is -0.507 e. The van der Waals surface area contributed by atoms with E-state index in [1.807, 2.05) is 25.1 Å². The summed E-state index contributed by atoms with van der Waals surface area (Å²) in [7, 11) is 1.66. The fourth-order valence-electron chi connectivity index (χ4n) is 4.70. The number of ether oxygens (including phenoxy) is 1. The number of likely N-dealkylation sites (tertiary alicyclic amines) is 1. The highest BCUT2D eigenvalue weighted by Crippen LogP contribution is 2.33. The maximum atomic E-state index is 13.3. The number of phenolic OH excluding ortho intramolecular Hbond substituents is 2. The van der Waals surface area contributed by atoms with Crippen molar-refractivity contribution in [1.82, 2.24) is 14.7 Å². The quantitative estimate of drug-likeness (QED) is 0.569. The van der Waals surface area contributed by atoms with Crippen molar-refractivity contribution in [3.8, 4) is 17.2 Å². The van der Waals surface area contributed by atoms with Gasteiger partial charge in [-0.15, -0.1) is 0 Å². The van der Waals surface area contributed by atoms with Gasteiger partial charge in [0.15, 0.2) is 0 Å². The molecule has 2 heterocycles. The van der Waals surface area contributed by atoms with Crippen molar-refractivity contribution < 1.29 is 24.5 Å². The molecule has 0 radical (unpaired) electrons. The molecule has 8 nitrogen and oxygen atoms in total. The van der Waals surface area contributed by atoms with Crippen LogP contribution in [0.3, 0.4) is 0 Å². The van der Waals surface area contributed by atoms with E-state index in [1.165, 1.54) is 23.8 Å². The molecule has 2 aliphatic rings. The zero-order valence-electron chi connectivity index (χ0n) is 20.6. The first-order valence-electron chi connectivity index (χ1n) is 12.4. The van der Waals surface area contributed by atoms with Crippen LogP contribution in [-0.4, -0.2) is 76.6 Å². The van der Waals surface area contributed by atoms with Crippen LogP contribution in [0.5, 0.6) is 17.2 Å². The van der Waals surface area contributed by atoms with Gasteiger partial charge in [0.2, 0.25) is 0 Å². The van der Waals surface area contributed by atoms with Gasteiger partial charge in [0, 0.05) is 39.3 Å². The molecule has 2 amide bonds. The van der Waals surface area contributed by atoms with Crippen molar-refractivity contribution in [2.24, 2.45) is 0 Å². The number of benzene rings is 2. The summed E-state index contributed by atoms with van der Waals surface area (Å²) >= 11 is 0. The number of amides is 2. The molecule has 0 aromatic heterocycles. The lowest BCUT2D eigenvalue weighted by atomic mass is 10.1. The Morgan fingerprint density at radius 2 is 1.71 bits per heavy atom. The first kappa shape index (κ1) is 24.9. The van der Waals surface area contributed by atoms with Crippen molar-refractivity contribution in [3.05, 3.63) is 52.6 Å². The number of rotatable bonds is 9. The van der Waals surface area contributed by atoms with E-state index in [4.69, 9.17) is 4.74 Å². The van der Waals surface area contributed by atoms with E-state index in [9.17, 15) is 19.8 Å². The molecular weight excluding hydrogens is 446 g/mol. The fourth-order valence-corrected chi connectivity index (χ4v) is 4.70. The van der Waals surface area contributed by atoms with Crippen LogP contribution in [0.2, 0.25) is 0 Å². The van der Waals surface area contributed by atoms with E-state index in [1.54, 1.807) is 11.9 Å². The lowest BCUT2D eigenvalue weighted by Gasteiger charge is -2.20. The highest BCUT2D eigenvalue weighted by molar-refractivity contribution is 6.03. The van der Waals surface area contributed by atoms with Crippen LogP contribution < -0.4 is 4.74 Å². The monoisotopic (exact) mass is 481 g/mol. The van der Waals surface area contributed by atoms with Gasteiger partial charge in [-0.1, -0.05) is 19.4 Å². The third kappa shape index (κ3) is 5.70. The van der Waals surface area contributed by atoms with Gasteiger partial charge in [-0.2, -0.15) is 0 Å². The Kier molecular flexibility index (Phi) is 7.80. The standard InChI is InChI=1S/C27H35N3O5/c1-3-4-9-28(2)26(33)22-15-23(25(32)16-24(22)31)27(34)30-17-19-7-8-21(14-20(19)18-30)35-13-12-29-10-5-6-11-29/h7-8,14-16,31-32H,3-6,9-13,17-18H2,1-2H3. The SMILES string of the molecule is CCCCN(C)C(=O)c1cc(C(=O)N2Cc3ccc(OCCN4CCCC4)cc3C2)c(O)cc1O. The average Bonchev–Trinajstić information content (AvgIpc) is 3.51. The van der Waals surface area contributed by atoms with Crippen LogP contribution in [-0.2, 0) is 13.1 Å². The number of unbranched alkanes of at least 4 members (excludes halogenated alkanes) is 1. The summed E-state index contributed by atoms with van der Waals surface area (Å²) in [4.78, 5) is 31.6. The largest absolute Gasteiger partial charge is 0.507 e. The normalized spacial score (nSPS) is 15.3. The molecule has 0 unspecified atom stereocenters. The van der Waals surface area contributed by atoms with Gasteiger partial charge in [0.05, 0.1) is 11.1 Å². The van der Waals surface area contributed by atoms with Gasteiger partial charge in [-0.25, -0.2) is 0 Å². The summed E-state index contributed by atoms with van der Waals surface area (Å²) in [5.41, 5.74) is 2.05. The number of hydrogen-bond donors (Lipinski definition) is 2. The van der Waals surface area contributed by atoms with Crippen LogP contribution in [0.15, 0.2) is 30.3 Å². The average molecular weight is 482 g/mol. The van der Waals surface area contributed by atoms with E-state index >= 15 is 0 Å². The van der Waals surface area contributed by atoms with Gasteiger partial charge >= 0.3 is 0 Å². The number of fused-ring (bicyclic) bond motifs is 1. The van der Waals surface area contributed by atoms with Crippen LogP contribution >= 0.6 is 0 Å². The molecule has 1 saturated heterocycles. The molecule has 0 saturated carbocycles. The van der Waals surface area contributed by atoms with Gasteiger partial charge in [0.25, 0.3) is 11.8 Å². The van der Waals surface area contributed by atoms with E-state index in [0.29, 0.717) is 26.2 Å². The topological polar surface area (TPSA) is 93.6 Å². The molecule has 188 valence electrons. The molecule has 8 heteroatoms. The number of nitrogens with zero attached hydrogens (tertiary/aromatic N) is 3. The van der Waals surface area contributed by atoms with Crippen molar-refractivity contribution in [2.45, 2.75) is 45.7 Å². The summed E-state index contributed by atoms with van der Waals surface area (Å²) < 4.78 is 5.94. The zero-order chi connectivity index (χ0) is 24.9. The molecular formula is C27H35N3O5. The lowest BCUT2D eigenvalue weighted by molar-refractivity contribution is 0.0748. The number of carbonyl (C=O) groups is 2. The Bertz CT molecular complexity index is 1080. The second-order valence-corrected chi connectivity index (χ2v) is 9.46. The Hall–Kier alpha value is -3.26. The minimum absolute atomic E-state index is 0.00457. The molecule has 0 atom stereocenters. The first-order chi connectivity index (χ1) is 16.9. The number of hydrogen-bond acceptors (Lipinski definition) is 6. The molecule has 2 aliphatic heterocycles. The van der Waals surface area contributed by atoms with Crippen LogP contribution in [0.25, 0.3) is 0 Å². The smallest absolute Gasteiger partial charge is 0.258 e. The van der Waals surface area contributed by atoms with Crippen LogP contribution in [0.4, 0.5) is 0 Å². The molecule has 2 aromatic carbocycles. The van der Waals surface area contributed by atoms with E-state index in [-0.39, 0.29) is 34.4 Å². The molecule has 1 fully saturated rings. The summed E-state index contributed by atoms with van der Waals surface area (Å²) in [5, 5.41) is 20.7. The Labute approximate surface area is 206 Å². The predicted molar refractivity (Wildman–Crippen MR) is 133 cm³/mol. The van der Waals surface area contributed by atoms with Crippen molar-refractivity contribution in [1.29, 1.82) is 0 Å². The van der Waals surface area contributed by atoms with Gasteiger partial charge in [0.1, 0.15) is 23.9 Å². The van der Waals surface area contributed by atoms with E-state index in [0.717, 1.165) is 55.4 Å². The molecule has 2 N–H and O–H groups in total. The van der Waals surface area contributed by atoms with Crippen molar-refractivity contribution in [2.75, 3.05) is 39.8 Å². The highest BCUT2D eigenvalue weighted by atomic mass is 16.5.